The van der Waals surface area contributed by atoms with E-state index in [-0.39, 0.29) is 36.9 Å². The zero-order valence-corrected chi connectivity index (χ0v) is 20.7. The van der Waals surface area contributed by atoms with Crippen molar-refractivity contribution in [3.8, 4) is 0 Å². The Morgan fingerprint density at radius 1 is 1.11 bits per heavy atom. The molecule has 0 saturated carbocycles. The van der Waals surface area contributed by atoms with Crippen LogP contribution in [0, 0.1) is 30.5 Å². The first kappa shape index (κ1) is 26.8. The first-order valence-corrected chi connectivity index (χ1v) is 12.5. The van der Waals surface area contributed by atoms with Crippen LogP contribution in [-0.4, -0.2) is 62.8 Å². The molecule has 0 amide bonds. The summed E-state index contributed by atoms with van der Waals surface area (Å²) in [4.78, 5) is 16.0. The fraction of sp³-hybridized carbons (Fsp3) is 0.536. The van der Waals surface area contributed by atoms with E-state index in [1.165, 1.54) is 6.07 Å². The van der Waals surface area contributed by atoms with Gasteiger partial charge in [-0.3, -0.25) is 9.69 Å². The van der Waals surface area contributed by atoms with Crippen LogP contribution in [0.4, 0.5) is 17.6 Å². The lowest BCUT2D eigenvalue weighted by Crippen LogP contribution is -2.55. The highest BCUT2D eigenvalue weighted by molar-refractivity contribution is 5.98. The molecule has 2 aliphatic rings. The summed E-state index contributed by atoms with van der Waals surface area (Å²) < 4.78 is 61.1. The second kappa shape index (κ2) is 11.4. The van der Waals surface area contributed by atoms with Crippen molar-refractivity contribution in [2.75, 3.05) is 39.9 Å². The monoisotopic (exact) mass is 505 g/mol. The van der Waals surface area contributed by atoms with Crippen molar-refractivity contribution >= 4 is 5.78 Å². The molecule has 2 aliphatic heterocycles. The van der Waals surface area contributed by atoms with Crippen LogP contribution in [-0.2, 0) is 4.74 Å². The van der Waals surface area contributed by atoms with Gasteiger partial charge in [0, 0.05) is 56.7 Å². The van der Waals surface area contributed by atoms with Gasteiger partial charge in [-0.2, -0.15) is 13.2 Å². The molecule has 0 bridgehead atoms. The zero-order valence-electron chi connectivity index (χ0n) is 20.7. The van der Waals surface area contributed by atoms with Crippen LogP contribution in [0.25, 0.3) is 0 Å². The van der Waals surface area contributed by atoms with Crippen molar-refractivity contribution in [3.63, 3.8) is 0 Å². The molecule has 1 unspecified atom stereocenters. The number of Topliss-reactive ketones (excluding diaryl/α,β-unsaturated/α-hetero) is 1. The molecule has 0 aliphatic carbocycles. The Balaban J connectivity index is 1.78. The van der Waals surface area contributed by atoms with E-state index in [4.69, 9.17) is 4.74 Å². The van der Waals surface area contributed by atoms with E-state index >= 15 is 0 Å². The maximum atomic E-state index is 14.7. The smallest absolute Gasteiger partial charge is 0.383 e. The molecule has 1 radical (unpaired) electrons. The third-order valence-electron chi connectivity index (χ3n) is 7.82. The molecule has 8 heteroatoms. The maximum Gasteiger partial charge on any atom is 0.391 e. The highest BCUT2D eigenvalue weighted by Gasteiger charge is 2.49. The Morgan fingerprint density at radius 2 is 1.86 bits per heavy atom. The molecule has 2 saturated heterocycles. The summed E-state index contributed by atoms with van der Waals surface area (Å²) >= 11 is 0. The van der Waals surface area contributed by atoms with E-state index in [0.29, 0.717) is 42.9 Å². The molecule has 2 aromatic carbocycles. The lowest BCUT2D eigenvalue weighted by atomic mass is 9.66. The second-order valence-electron chi connectivity index (χ2n) is 9.97. The van der Waals surface area contributed by atoms with Crippen LogP contribution >= 0.6 is 0 Å². The van der Waals surface area contributed by atoms with Crippen molar-refractivity contribution in [2.45, 2.75) is 37.9 Å². The predicted octanol–water partition coefficient (Wildman–Crippen LogP) is 5.24. The van der Waals surface area contributed by atoms with E-state index in [1.54, 1.807) is 44.4 Å². The number of rotatable bonds is 7. The minimum absolute atomic E-state index is 0.0177. The average Bonchev–Trinajstić information content (AvgIpc) is 2.88. The highest BCUT2D eigenvalue weighted by atomic mass is 19.4. The SMILES string of the molecule is COCCN1CC(C(=O)c2ccccc2)[C@H](c2cccc(F)c2C)[C@@H]([C@@H]2C[C@@H](C(F)(F)F)CC[N]2)C1. The van der Waals surface area contributed by atoms with Gasteiger partial charge in [0.2, 0.25) is 0 Å². The number of nitrogens with zero attached hydrogens (tertiary/aromatic N) is 2. The van der Waals surface area contributed by atoms with Crippen LogP contribution in [0.15, 0.2) is 48.5 Å². The largest absolute Gasteiger partial charge is 0.391 e. The number of carbonyl (C=O) groups excluding carboxylic acids is 1. The van der Waals surface area contributed by atoms with E-state index < -0.39 is 30.0 Å². The fourth-order valence-corrected chi connectivity index (χ4v) is 5.92. The Morgan fingerprint density at radius 3 is 2.56 bits per heavy atom. The summed E-state index contributed by atoms with van der Waals surface area (Å²) in [5, 5.41) is 4.66. The molecule has 195 valence electrons. The molecule has 0 aromatic heterocycles. The van der Waals surface area contributed by atoms with Crippen molar-refractivity contribution in [1.82, 2.24) is 10.2 Å². The number of hydrogen-bond acceptors (Lipinski definition) is 3. The first-order chi connectivity index (χ1) is 17.2. The summed E-state index contributed by atoms with van der Waals surface area (Å²) in [5.74, 6) is -3.25. The number of alkyl halides is 3. The summed E-state index contributed by atoms with van der Waals surface area (Å²) in [6.45, 7) is 3.70. The van der Waals surface area contributed by atoms with Gasteiger partial charge in [0.1, 0.15) is 5.82 Å². The summed E-state index contributed by atoms with van der Waals surface area (Å²) in [6.07, 6.45) is -4.42. The average molecular weight is 506 g/mol. The van der Waals surface area contributed by atoms with E-state index in [0.717, 1.165) is 0 Å². The van der Waals surface area contributed by atoms with Crippen LogP contribution < -0.4 is 5.32 Å². The number of piperidine rings is 2. The Kier molecular flexibility index (Phi) is 8.48. The van der Waals surface area contributed by atoms with E-state index in [2.05, 4.69) is 10.2 Å². The van der Waals surface area contributed by atoms with Gasteiger partial charge in [0.15, 0.2) is 5.78 Å². The molecular weight excluding hydrogens is 472 g/mol. The van der Waals surface area contributed by atoms with Gasteiger partial charge in [0.25, 0.3) is 0 Å². The fourth-order valence-electron chi connectivity index (χ4n) is 5.92. The number of ketones is 1. The van der Waals surface area contributed by atoms with Crippen LogP contribution in [0.5, 0.6) is 0 Å². The van der Waals surface area contributed by atoms with Gasteiger partial charge in [-0.15, -0.1) is 0 Å². The summed E-state index contributed by atoms with van der Waals surface area (Å²) in [5.41, 5.74) is 1.67. The number of halogens is 4. The quantitative estimate of drug-likeness (QED) is 0.382. The van der Waals surface area contributed by atoms with Crippen LogP contribution in [0.2, 0.25) is 0 Å². The molecule has 0 N–H and O–H groups in total. The Bertz CT molecular complexity index is 1030. The Labute approximate surface area is 210 Å². The van der Waals surface area contributed by atoms with Crippen molar-refractivity contribution < 1.29 is 27.1 Å². The number of carbonyl (C=O) groups is 1. The molecule has 5 atom stereocenters. The summed E-state index contributed by atoms with van der Waals surface area (Å²) in [7, 11) is 1.59. The molecule has 2 aromatic rings. The topological polar surface area (TPSA) is 43.6 Å². The van der Waals surface area contributed by atoms with Crippen molar-refractivity contribution in [1.29, 1.82) is 0 Å². The second-order valence-corrected chi connectivity index (χ2v) is 9.97. The van der Waals surface area contributed by atoms with Gasteiger partial charge in [0.05, 0.1) is 12.5 Å². The third kappa shape index (κ3) is 5.82. The lowest BCUT2D eigenvalue weighted by Gasteiger charge is -2.48. The molecule has 36 heavy (non-hydrogen) atoms. The van der Waals surface area contributed by atoms with Crippen LogP contribution in [0.1, 0.15) is 40.2 Å². The Hall–Kier alpha value is -2.29. The first-order valence-electron chi connectivity index (χ1n) is 12.5. The standard InChI is InChI=1S/C28H33F4N2O2/c1-18-21(9-6-10-24(18)29)26-22(25-15-20(11-12-33-25)28(30,31)32)16-34(13-14-36-2)17-23(26)27(35)19-7-4-3-5-8-19/h3-10,20,22-23,25-26H,11-17H2,1-2H3/t20-,22+,23?,25-,26+/m0/s1. The summed E-state index contributed by atoms with van der Waals surface area (Å²) in [6, 6.07) is 13.2. The molecule has 4 nitrogen and oxygen atoms in total. The molecular formula is C28H33F4N2O2. The lowest BCUT2D eigenvalue weighted by molar-refractivity contribution is -0.185. The minimum Gasteiger partial charge on any atom is -0.383 e. The van der Waals surface area contributed by atoms with Crippen molar-refractivity contribution in [2.24, 2.45) is 17.8 Å². The van der Waals surface area contributed by atoms with Crippen LogP contribution in [0.3, 0.4) is 0 Å². The van der Waals surface area contributed by atoms with E-state index in [1.807, 2.05) is 12.1 Å². The van der Waals surface area contributed by atoms with Gasteiger partial charge < -0.3 is 4.74 Å². The van der Waals surface area contributed by atoms with Gasteiger partial charge >= 0.3 is 6.18 Å². The molecule has 2 heterocycles. The minimum atomic E-state index is -4.29. The van der Waals surface area contributed by atoms with Gasteiger partial charge in [-0.25, -0.2) is 9.71 Å². The number of hydrogen-bond donors (Lipinski definition) is 0. The van der Waals surface area contributed by atoms with E-state index in [9.17, 15) is 22.4 Å². The van der Waals surface area contributed by atoms with Gasteiger partial charge in [-0.1, -0.05) is 42.5 Å². The number of methoxy groups -OCH3 is 1. The molecule has 0 spiro atoms. The highest BCUT2D eigenvalue weighted by Crippen LogP contribution is 2.46. The number of benzene rings is 2. The van der Waals surface area contributed by atoms with Crippen molar-refractivity contribution in [3.05, 3.63) is 71.0 Å². The zero-order chi connectivity index (χ0) is 25.9. The number of likely N-dealkylation sites (tertiary alicyclic amines) is 1. The predicted molar refractivity (Wildman–Crippen MR) is 130 cm³/mol. The number of ether oxygens (including phenoxy) is 1. The maximum absolute atomic E-state index is 14.7. The third-order valence-corrected chi connectivity index (χ3v) is 7.82. The molecule has 2 fully saturated rings. The van der Waals surface area contributed by atoms with Gasteiger partial charge in [-0.05, 0) is 42.9 Å². The normalized spacial score (nSPS) is 27.7. The molecule has 4 rings (SSSR count).